The zero-order chi connectivity index (χ0) is 26.5. The first kappa shape index (κ1) is 24.8. The minimum atomic E-state index is -0.162. The monoisotopic (exact) mass is 510 g/mol. The second kappa shape index (κ2) is 11.0. The minimum absolute atomic E-state index is 0.0399. The van der Waals surface area contributed by atoms with E-state index < -0.39 is 0 Å². The molecule has 2 aromatic carbocycles. The van der Waals surface area contributed by atoms with E-state index in [2.05, 4.69) is 35.8 Å². The van der Waals surface area contributed by atoms with E-state index in [4.69, 9.17) is 9.47 Å². The van der Waals surface area contributed by atoms with Gasteiger partial charge in [-0.05, 0) is 55.3 Å². The number of fused-ring (bicyclic) bond motifs is 2. The fraction of sp³-hybridized carbons (Fsp3) is 0.185. The zero-order valence-corrected chi connectivity index (χ0v) is 21.2. The fourth-order valence-corrected chi connectivity index (χ4v) is 3.86. The number of carbonyl (C=O) groups excluding carboxylic acids is 1. The van der Waals surface area contributed by atoms with Crippen molar-refractivity contribution in [3.63, 3.8) is 0 Å². The normalized spacial score (nSPS) is 11.3. The Bertz CT molecular complexity index is 1650. The highest BCUT2D eigenvalue weighted by Gasteiger charge is 2.10. The molecule has 5 aromatic rings. The van der Waals surface area contributed by atoms with Crippen LogP contribution < -0.4 is 15.4 Å². The van der Waals surface area contributed by atoms with Gasteiger partial charge in [0.15, 0.2) is 5.65 Å². The van der Waals surface area contributed by atoms with E-state index >= 15 is 0 Å². The predicted molar refractivity (Wildman–Crippen MR) is 144 cm³/mol. The highest BCUT2D eigenvalue weighted by Crippen LogP contribution is 2.30. The van der Waals surface area contributed by atoms with Crippen molar-refractivity contribution in [1.29, 1.82) is 0 Å². The Morgan fingerprint density at radius 2 is 1.95 bits per heavy atom. The standard InChI is InChI=1S/C27H26N8O3/c1-17-11-20(7-9-23(17)38-26-13-24-34-33-18(2)35(24)16-31-26)32-27-21-12-19(6-8-22(21)29-15-30-27)5-4-10-28-25(36)14-37-3/h4-9,11-13,15-16H,10,14H2,1-3H3,(H,28,36)(H,29,30,32)/b5-4+. The Morgan fingerprint density at radius 1 is 1.05 bits per heavy atom. The summed E-state index contributed by atoms with van der Waals surface area (Å²) < 4.78 is 12.6. The number of rotatable bonds is 9. The van der Waals surface area contributed by atoms with Crippen molar-refractivity contribution in [3.05, 3.63) is 78.1 Å². The van der Waals surface area contributed by atoms with Crippen LogP contribution in [-0.2, 0) is 9.53 Å². The fourth-order valence-electron chi connectivity index (χ4n) is 3.86. The second-order valence-electron chi connectivity index (χ2n) is 8.55. The van der Waals surface area contributed by atoms with Crippen LogP contribution in [0.3, 0.4) is 0 Å². The maximum Gasteiger partial charge on any atom is 0.246 e. The van der Waals surface area contributed by atoms with Crippen molar-refractivity contribution in [2.75, 3.05) is 25.6 Å². The number of aromatic nitrogens is 6. The smallest absolute Gasteiger partial charge is 0.246 e. The van der Waals surface area contributed by atoms with Crippen molar-refractivity contribution in [2.45, 2.75) is 13.8 Å². The van der Waals surface area contributed by atoms with Crippen LogP contribution in [0, 0.1) is 13.8 Å². The van der Waals surface area contributed by atoms with Crippen molar-refractivity contribution in [3.8, 4) is 11.6 Å². The Hall–Kier alpha value is -4.90. The van der Waals surface area contributed by atoms with Gasteiger partial charge in [0.2, 0.25) is 11.8 Å². The van der Waals surface area contributed by atoms with Gasteiger partial charge in [0, 0.05) is 30.8 Å². The van der Waals surface area contributed by atoms with E-state index in [-0.39, 0.29) is 12.5 Å². The number of benzene rings is 2. The molecule has 0 aliphatic rings. The maximum absolute atomic E-state index is 11.5. The van der Waals surface area contributed by atoms with Crippen LogP contribution in [0.25, 0.3) is 22.6 Å². The molecule has 1 amide bonds. The van der Waals surface area contributed by atoms with Crippen molar-refractivity contribution >= 4 is 40.0 Å². The lowest BCUT2D eigenvalue weighted by Crippen LogP contribution is -2.26. The lowest BCUT2D eigenvalue weighted by molar-refractivity contribution is -0.124. The van der Waals surface area contributed by atoms with Gasteiger partial charge in [0.05, 0.1) is 5.52 Å². The Kier molecular flexibility index (Phi) is 7.18. The number of aryl methyl sites for hydroxylation is 2. The Morgan fingerprint density at radius 3 is 2.79 bits per heavy atom. The molecule has 0 aliphatic carbocycles. The van der Waals surface area contributed by atoms with Gasteiger partial charge < -0.3 is 20.1 Å². The van der Waals surface area contributed by atoms with Gasteiger partial charge in [-0.1, -0.05) is 18.2 Å². The molecule has 0 saturated heterocycles. The van der Waals surface area contributed by atoms with Gasteiger partial charge in [-0.25, -0.2) is 15.0 Å². The van der Waals surface area contributed by atoms with Crippen LogP contribution in [0.15, 0.2) is 61.2 Å². The molecule has 0 bridgehead atoms. The molecule has 38 heavy (non-hydrogen) atoms. The summed E-state index contributed by atoms with van der Waals surface area (Å²) in [5.74, 6) is 2.40. The number of nitrogens with one attached hydrogen (secondary N) is 2. The SMILES string of the molecule is COCC(=O)NC/C=C/c1ccc2ncnc(Nc3ccc(Oc4cc5nnc(C)n5cn4)c(C)c3)c2c1. The molecule has 3 aromatic heterocycles. The first-order valence-electron chi connectivity index (χ1n) is 11.9. The topological polar surface area (TPSA) is 128 Å². The summed E-state index contributed by atoms with van der Waals surface area (Å²) >= 11 is 0. The molecule has 11 heteroatoms. The predicted octanol–water partition coefficient (Wildman–Crippen LogP) is 4.00. The number of hydrogen-bond donors (Lipinski definition) is 2. The number of anilines is 2. The van der Waals surface area contributed by atoms with E-state index in [1.165, 1.54) is 13.4 Å². The zero-order valence-electron chi connectivity index (χ0n) is 21.2. The molecule has 0 aliphatic heterocycles. The van der Waals surface area contributed by atoms with Gasteiger partial charge in [-0.15, -0.1) is 10.2 Å². The summed E-state index contributed by atoms with van der Waals surface area (Å²) in [6.07, 6.45) is 6.99. The molecule has 0 radical (unpaired) electrons. The molecule has 11 nitrogen and oxygen atoms in total. The van der Waals surface area contributed by atoms with Crippen LogP contribution in [0.4, 0.5) is 11.5 Å². The van der Waals surface area contributed by atoms with Crippen molar-refractivity contribution in [2.24, 2.45) is 0 Å². The van der Waals surface area contributed by atoms with E-state index in [0.29, 0.717) is 29.6 Å². The number of nitrogens with zero attached hydrogens (tertiary/aromatic N) is 6. The van der Waals surface area contributed by atoms with E-state index in [1.807, 2.05) is 62.4 Å². The van der Waals surface area contributed by atoms with E-state index in [1.54, 1.807) is 16.8 Å². The van der Waals surface area contributed by atoms with Gasteiger partial charge in [0.1, 0.15) is 36.7 Å². The first-order chi connectivity index (χ1) is 18.5. The number of ether oxygens (including phenoxy) is 2. The van der Waals surface area contributed by atoms with Gasteiger partial charge in [-0.2, -0.15) is 0 Å². The molecule has 0 atom stereocenters. The molecule has 0 spiro atoms. The third-order valence-electron chi connectivity index (χ3n) is 5.76. The Labute approximate surface area is 218 Å². The highest BCUT2D eigenvalue weighted by atomic mass is 16.5. The molecule has 5 rings (SSSR count). The number of hydrogen-bond acceptors (Lipinski definition) is 9. The average molecular weight is 511 g/mol. The van der Waals surface area contributed by atoms with Crippen molar-refractivity contribution in [1.82, 2.24) is 34.9 Å². The maximum atomic E-state index is 11.5. The quantitative estimate of drug-likeness (QED) is 0.302. The first-order valence-corrected chi connectivity index (χ1v) is 11.9. The van der Waals surface area contributed by atoms with Crippen molar-refractivity contribution < 1.29 is 14.3 Å². The minimum Gasteiger partial charge on any atom is -0.439 e. The van der Waals surface area contributed by atoms with E-state index in [0.717, 1.165) is 33.5 Å². The number of methoxy groups -OCH3 is 1. The second-order valence-corrected chi connectivity index (χ2v) is 8.55. The van der Waals surface area contributed by atoms with Gasteiger partial charge in [0.25, 0.3) is 0 Å². The molecule has 192 valence electrons. The average Bonchev–Trinajstić information content (AvgIpc) is 3.28. The third kappa shape index (κ3) is 5.57. The number of carbonyl (C=O) groups is 1. The molecule has 0 saturated carbocycles. The lowest BCUT2D eigenvalue weighted by Gasteiger charge is -2.12. The molecule has 0 fully saturated rings. The summed E-state index contributed by atoms with van der Waals surface area (Å²) in [6.45, 7) is 4.28. The number of amides is 1. The molecular weight excluding hydrogens is 484 g/mol. The molecular formula is C27H26N8O3. The summed E-state index contributed by atoms with van der Waals surface area (Å²) in [4.78, 5) is 24.7. The van der Waals surface area contributed by atoms with Crippen LogP contribution in [0.2, 0.25) is 0 Å². The van der Waals surface area contributed by atoms with Gasteiger partial charge in [-0.3, -0.25) is 9.20 Å². The van der Waals surface area contributed by atoms with E-state index in [9.17, 15) is 4.79 Å². The van der Waals surface area contributed by atoms with Crippen LogP contribution in [-0.4, -0.2) is 55.7 Å². The molecule has 3 heterocycles. The summed E-state index contributed by atoms with van der Waals surface area (Å²) in [6, 6.07) is 13.4. The molecule has 0 unspecified atom stereocenters. The van der Waals surface area contributed by atoms with Crippen LogP contribution in [0.5, 0.6) is 11.6 Å². The van der Waals surface area contributed by atoms with Gasteiger partial charge >= 0.3 is 0 Å². The lowest BCUT2D eigenvalue weighted by atomic mass is 10.1. The summed E-state index contributed by atoms with van der Waals surface area (Å²) in [5, 5.41) is 15.2. The Balaban J connectivity index is 1.31. The largest absolute Gasteiger partial charge is 0.439 e. The summed E-state index contributed by atoms with van der Waals surface area (Å²) in [5.41, 5.74) is 4.22. The third-order valence-corrected chi connectivity index (χ3v) is 5.76. The van der Waals surface area contributed by atoms with Crippen LogP contribution >= 0.6 is 0 Å². The summed E-state index contributed by atoms with van der Waals surface area (Å²) in [7, 11) is 1.49. The van der Waals surface area contributed by atoms with Crippen LogP contribution in [0.1, 0.15) is 17.0 Å². The molecule has 2 N–H and O–H groups in total. The highest BCUT2D eigenvalue weighted by molar-refractivity contribution is 5.92.